The number of carbonyl (C=O) groups is 1. The monoisotopic (exact) mass is 419 g/mol. The van der Waals surface area contributed by atoms with Gasteiger partial charge in [-0.2, -0.15) is 0 Å². The Morgan fingerprint density at radius 2 is 1.79 bits per heavy atom. The largest absolute Gasteiger partial charge is 0.493 e. The van der Waals surface area contributed by atoms with Gasteiger partial charge in [-0.05, 0) is 54.8 Å². The molecule has 1 aliphatic rings. The van der Waals surface area contributed by atoms with Crippen LogP contribution in [0, 0.1) is 5.92 Å². The van der Waals surface area contributed by atoms with Crippen molar-refractivity contribution in [3.63, 3.8) is 0 Å². The Morgan fingerprint density at radius 1 is 1.10 bits per heavy atom. The normalized spacial score (nSPS) is 18.1. The van der Waals surface area contributed by atoms with Gasteiger partial charge in [-0.1, -0.05) is 23.7 Å². The first-order valence-electron chi connectivity index (χ1n) is 9.50. The highest BCUT2D eigenvalue weighted by Crippen LogP contribution is 2.43. The highest BCUT2D eigenvalue weighted by Gasteiger charge is 2.32. The number of methoxy groups -OCH3 is 3. The molecule has 2 aromatic rings. The highest BCUT2D eigenvalue weighted by molar-refractivity contribution is 6.30. The molecule has 7 heteroatoms. The number of rotatable bonds is 7. The summed E-state index contributed by atoms with van der Waals surface area (Å²) in [6.07, 6.45) is 1.50. The second kappa shape index (κ2) is 9.37. The summed E-state index contributed by atoms with van der Waals surface area (Å²) in [4.78, 5) is 13.8. The first kappa shape index (κ1) is 21.3. The van der Waals surface area contributed by atoms with E-state index >= 15 is 0 Å². The molecule has 0 saturated carbocycles. The van der Waals surface area contributed by atoms with Gasteiger partial charge in [-0.3, -0.25) is 9.69 Å². The summed E-state index contributed by atoms with van der Waals surface area (Å²) in [6, 6.07) is 11.3. The number of carboxylic acid groups (broad SMARTS) is 1. The van der Waals surface area contributed by atoms with Crippen LogP contribution in [0.2, 0.25) is 5.02 Å². The molecule has 0 bridgehead atoms. The number of halogens is 1. The Labute approximate surface area is 175 Å². The van der Waals surface area contributed by atoms with Crippen molar-refractivity contribution in [1.82, 2.24) is 4.90 Å². The third-order valence-electron chi connectivity index (χ3n) is 5.33. The molecule has 0 amide bonds. The van der Waals surface area contributed by atoms with Crippen molar-refractivity contribution in [2.75, 3.05) is 34.4 Å². The van der Waals surface area contributed by atoms with Gasteiger partial charge < -0.3 is 19.3 Å². The van der Waals surface area contributed by atoms with E-state index in [1.165, 1.54) is 0 Å². The van der Waals surface area contributed by atoms with Crippen LogP contribution in [0.4, 0.5) is 0 Å². The lowest BCUT2D eigenvalue weighted by atomic mass is 9.91. The summed E-state index contributed by atoms with van der Waals surface area (Å²) in [5, 5.41) is 10.2. The molecule has 2 aromatic carbocycles. The minimum absolute atomic E-state index is 0.190. The maximum Gasteiger partial charge on any atom is 0.307 e. The molecule has 0 aromatic heterocycles. The van der Waals surface area contributed by atoms with E-state index in [0.717, 1.165) is 24.1 Å². The summed E-state index contributed by atoms with van der Waals surface area (Å²) < 4.78 is 16.5. The average molecular weight is 420 g/mol. The molecule has 29 heavy (non-hydrogen) atoms. The minimum Gasteiger partial charge on any atom is -0.493 e. The lowest BCUT2D eigenvalue weighted by Crippen LogP contribution is -2.41. The first-order chi connectivity index (χ1) is 14.0. The van der Waals surface area contributed by atoms with Crippen molar-refractivity contribution in [2.45, 2.75) is 18.9 Å². The fourth-order valence-corrected chi connectivity index (χ4v) is 4.19. The molecule has 0 spiro atoms. The molecule has 1 aliphatic heterocycles. The molecular formula is C22H26ClNO5. The van der Waals surface area contributed by atoms with Crippen molar-refractivity contribution in [2.24, 2.45) is 5.92 Å². The number of piperidine rings is 1. The highest BCUT2D eigenvalue weighted by atomic mass is 35.5. The molecule has 1 fully saturated rings. The third-order valence-corrected chi connectivity index (χ3v) is 5.57. The van der Waals surface area contributed by atoms with Gasteiger partial charge in [0.05, 0.1) is 33.3 Å². The number of benzene rings is 2. The van der Waals surface area contributed by atoms with E-state index in [9.17, 15) is 9.90 Å². The Hall–Kier alpha value is -2.44. The maximum absolute atomic E-state index is 11.6. The van der Waals surface area contributed by atoms with Crippen molar-refractivity contribution < 1.29 is 24.1 Å². The van der Waals surface area contributed by atoms with Gasteiger partial charge >= 0.3 is 5.97 Å². The number of hydrogen-bond donors (Lipinski definition) is 1. The second-order valence-electron chi connectivity index (χ2n) is 7.09. The number of nitrogens with zero attached hydrogens (tertiary/aromatic N) is 1. The predicted octanol–water partition coefficient (Wildman–Crippen LogP) is 4.25. The predicted molar refractivity (Wildman–Crippen MR) is 111 cm³/mol. The Morgan fingerprint density at radius 3 is 2.34 bits per heavy atom. The SMILES string of the molecule is COc1cc(C(c2cccc(Cl)c2)N2CCCC(C(=O)O)C2)cc(OC)c1OC. The molecule has 0 aliphatic carbocycles. The fourth-order valence-electron chi connectivity index (χ4n) is 3.99. The van der Waals surface area contributed by atoms with Crippen LogP contribution in [-0.4, -0.2) is 50.4 Å². The fraction of sp³-hybridized carbons (Fsp3) is 0.409. The summed E-state index contributed by atoms with van der Waals surface area (Å²) in [6.45, 7) is 1.25. The van der Waals surface area contributed by atoms with E-state index in [1.807, 2.05) is 36.4 Å². The first-order valence-corrected chi connectivity index (χ1v) is 9.88. The van der Waals surface area contributed by atoms with Gasteiger partial charge in [0.15, 0.2) is 11.5 Å². The van der Waals surface area contributed by atoms with Gasteiger partial charge in [0.1, 0.15) is 0 Å². The topological polar surface area (TPSA) is 68.2 Å². The lowest BCUT2D eigenvalue weighted by molar-refractivity contribution is -0.143. The van der Waals surface area contributed by atoms with E-state index in [4.69, 9.17) is 25.8 Å². The summed E-state index contributed by atoms with van der Waals surface area (Å²) in [5.41, 5.74) is 1.91. The molecule has 2 unspecified atom stereocenters. The van der Waals surface area contributed by atoms with E-state index < -0.39 is 11.9 Å². The summed E-state index contributed by atoms with van der Waals surface area (Å²) in [5.74, 6) is 0.476. The minimum atomic E-state index is -0.760. The van der Waals surface area contributed by atoms with Crippen LogP contribution in [0.3, 0.4) is 0 Å². The number of carboxylic acids is 1. The van der Waals surface area contributed by atoms with E-state index in [2.05, 4.69) is 4.90 Å². The van der Waals surface area contributed by atoms with Crippen LogP contribution in [-0.2, 0) is 4.79 Å². The lowest BCUT2D eigenvalue weighted by Gasteiger charge is -2.38. The number of hydrogen-bond acceptors (Lipinski definition) is 5. The Balaban J connectivity index is 2.12. The van der Waals surface area contributed by atoms with E-state index in [-0.39, 0.29) is 6.04 Å². The maximum atomic E-state index is 11.6. The zero-order valence-electron chi connectivity index (χ0n) is 16.9. The van der Waals surface area contributed by atoms with Gasteiger partial charge in [-0.25, -0.2) is 0 Å². The zero-order valence-corrected chi connectivity index (χ0v) is 17.6. The number of aliphatic carboxylic acids is 1. The molecule has 6 nitrogen and oxygen atoms in total. The van der Waals surface area contributed by atoms with Crippen LogP contribution < -0.4 is 14.2 Å². The molecule has 2 atom stereocenters. The van der Waals surface area contributed by atoms with Crippen molar-refractivity contribution in [3.8, 4) is 17.2 Å². The average Bonchev–Trinajstić information content (AvgIpc) is 2.73. The molecule has 1 saturated heterocycles. The summed E-state index contributed by atoms with van der Waals surface area (Å²) in [7, 11) is 4.73. The molecule has 0 radical (unpaired) electrons. The number of likely N-dealkylation sites (tertiary alicyclic amines) is 1. The van der Waals surface area contributed by atoms with Gasteiger partial charge in [0.25, 0.3) is 0 Å². The van der Waals surface area contributed by atoms with Gasteiger partial charge in [0, 0.05) is 11.6 Å². The van der Waals surface area contributed by atoms with Crippen LogP contribution in [0.25, 0.3) is 0 Å². The van der Waals surface area contributed by atoms with Gasteiger partial charge in [-0.15, -0.1) is 0 Å². The Kier molecular flexibility index (Phi) is 6.87. The van der Waals surface area contributed by atoms with Gasteiger partial charge in [0.2, 0.25) is 5.75 Å². The van der Waals surface area contributed by atoms with Crippen LogP contribution in [0.1, 0.15) is 30.0 Å². The molecule has 1 heterocycles. The third kappa shape index (κ3) is 4.60. The zero-order chi connectivity index (χ0) is 21.0. The Bertz CT molecular complexity index is 847. The van der Waals surface area contributed by atoms with E-state index in [0.29, 0.717) is 35.2 Å². The molecule has 1 N–H and O–H groups in total. The quantitative estimate of drug-likeness (QED) is 0.723. The standard InChI is InChI=1S/C22H26ClNO5/c1-27-18-11-16(12-19(28-2)21(18)29-3)20(14-6-4-8-17(23)10-14)24-9-5-7-15(13-24)22(25)26/h4,6,8,10-12,15,20H,5,7,9,13H2,1-3H3,(H,25,26). The van der Waals surface area contributed by atoms with Crippen LogP contribution in [0.15, 0.2) is 36.4 Å². The van der Waals surface area contributed by atoms with Crippen LogP contribution >= 0.6 is 11.6 Å². The summed E-state index contributed by atoms with van der Waals surface area (Å²) >= 11 is 6.28. The molecule has 3 rings (SSSR count). The number of ether oxygens (including phenoxy) is 3. The van der Waals surface area contributed by atoms with E-state index in [1.54, 1.807) is 21.3 Å². The molecular weight excluding hydrogens is 394 g/mol. The molecule has 156 valence electrons. The van der Waals surface area contributed by atoms with Crippen LogP contribution in [0.5, 0.6) is 17.2 Å². The van der Waals surface area contributed by atoms with Crippen molar-refractivity contribution in [1.29, 1.82) is 0 Å². The van der Waals surface area contributed by atoms with Crippen molar-refractivity contribution in [3.05, 3.63) is 52.5 Å². The smallest absolute Gasteiger partial charge is 0.307 e. The van der Waals surface area contributed by atoms with Crippen molar-refractivity contribution >= 4 is 17.6 Å². The second-order valence-corrected chi connectivity index (χ2v) is 7.52.